The van der Waals surface area contributed by atoms with Gasteiger partial charge in [0.05, 0.1) is 38.7 Å². The molecule has 238 valence electrons. The summed E-state index contributed by atoms with van der Waals surface area (Å²) in [5.74, 6) is 0. The lowest BCUT2D eigenvalue weighted by atomic mass is 9.97. The van der Waals surface area contributed by atoms with Gasteiger partial charge in [0.1, 0.15) is 0 Å². The van der Waals surface area contributed by atoms with Crippen molar-refractivity contribution in [2.45, 2.75) is 0 Å². The summed E-state index contributed by atoms with van der Waals surface area (Å²) < 4.78 is 7.31. The van der Waals surface area contributed by atoms with E-state index in [1.807, 2.05) is 23.7 Å². The first-order valence-corrected chi connectivity index (χ1v) is 18.1. The Morgan fingerprint density at radius 2 is 0.922 bits per heavy atom. The van der Waals surface area contributed by atoms with E-state index < -0.39 is 0 Å². The Morgan fingerprint density at radius 3 is 1.63 bits per heavy atom. The van der Waals surface area contributed by atoms with E-state index in [-0.39, 0.29) is 0 Å². The Kier molecular flexibility index (Phi) is 6.12. The zero-order valence-corrected chi connectivity index (χ0v) is 28.3. The minimum absolute atomic E-state index is 1.12. The van der Waals surface area contributed by atoms with Crippen LogP contribution in [0.2, 0.25) is 0 Å². The predicted octanol–water partition coefficient (Wildman–Crippen LogP) is 13.0. The maximum absolute atomic E-state index is 4.75. The Morgan fingerprint density at radius 1 is 0.373 bits per heavy atom. The van der Waals surface area contributed by atoms with E-state index >= 15 is 0 Å². The van der Waals surface area contributed by atoms with Crippen LogP contribution in [0.3, 0.4) is 0 Å². The molecule has 3 nitrogen and oxygen atoms in total. The number of rotatable bonds is 4. The molecule has 0 aliphatic rings. The molecule has 51 heavy (non-hydrogen) atoms. The molecule has 0 aliphatic carbocycles. The van der Waals surface area contributed by atoms with Crippen molar-refractivity contribution in [2.24, 2.45) is 0 Å². The molecule has 4 heteroatoms. The SMILES string of the molecule is c1ccc(-n2c3ccccc3c3cc(-c4cccc(-c5ccc6c(c5)c5ccccc5n6-c5cncc6c5sc5ccccc56)c4)ccc32)cc1. The van der Waals surface area contributed by atoms with Crippen LogP contribution >= 0.6 is 11.3 Å². The lowest BCUT2D eigenvalue weighted by Crippen LogP contribution is -1.95. The molecule has 0 radical (unpaired) electrons. The summed E-state index contributed by atoms with van der Waals surface area (Å²) in [6.45, 7) is 0. The first-order chi connectivity index (χ1) is 25.3. The van der Waals surface area contributed by atoms with Crippen LogP contribution in [0, 0.1) is 0 Å². The first-order valence-electron chi connectivity index (χ1n) is 17.3. The normalized spacial score (nSPS) is 11.9. The summed E-state index contributed by atoms with van der Waals surface area (Å²) in [4.78, 5) is 4.75. The molecule has 0 bridgehead atoms. The minimum Gasteiger partial charge on any atom is -0.309 e. The molecule has 0 saturated heterocycles. The Hall–Kier alpha value is -6.49. The zero-order chi connectivity index (χ0) is 33.5. The van der Waals surface area contributed by atoms with Gasteiger partial charge >= 0.3 is 0 Å². The fourth-order valence-corrected chi connectivity index (χ4v) is 9.26. The number of hydrogen-bond acceptors (Lipinski definition) is 2. The van der Waals surface area contributed by atoms with Crippen molar-refractivity contribution in [3.05, 3.63) is 176 Å². The second-order valence-electron chi connectivity index (χ2n) is 13.2. The third-order valence-corrected chi connectivity index (χ3v) is 11.6. The number of nitrogens with zero attached hydrogens (tertiary/aromatic N) is 3. The summed E-state index contributed by atoms with van der Waals surface area (Å²) in [6, 6.07) is 59.5. The third-order valence-electron chi connectivity index (χ3n) is 10.4. The fourth-order valence-electron chi connectivity index (χ4n) is 8.08. The van der Waals surface area contributed by atoms with Gasteiger partial charge in [-0.25, -0.2) is 0 Å². The van der Waals surface area contributed by atoms with Crippen LogP contribution in [-0.4, -0.2) is 14.1 Å². The lowest BCUT2D eigenvalue weighted by Gasteiger charge is -2.10. The highest BCUT2D eigenvalue weighted by molar-refractivity contribution is 7.26. The Labute approximate surface area is 297 Å². The van der Waals surface area contributed by atoms with Crippen molar-refractivity contribution < 1.29 is 0 Å². The molecular weight excluding hydrogens is 639 g/mol. The quantitative estimate of drug-likeness (QED) is 0.183. The number of aromatic nitrogens is 3. The van der Waals surface area contributed by atoms with Gasteiger partial charge in [-0.3, -0.25) is 4.98 Å². The highest BCUT2D eigenvalue weighted by Crippen LogP contribution is 2.42. The molecular formula is C47H29N3S. The largest absolute Gasteiger partial charge is 0.309 e. The van der Waals surface area contributed by atoms with Crippen molar-refractivity contribution in [1.82, 2.24) is 14.1 Å². The summed E-state index contributed by atoms with van der Waals surface area (Å²) in [6.07, 6.45) is 4.03. The molecule has 0 aliphatic heterocycles. The van der Waals surface area contributed by atoms with Crippen molar-refractivity contribution >= 4 is 75.1 Å². The summed E-state index contributed by atoms with van der Waals surface area (Å²) in [5.41, 5.74) is 11.9. The highest BCUT2D eigenvalue weighted by atomic mass is 32.1. The van der Waals surface area contributed by atoms with E-state index in [0.29, 0.717) is 0 Å². The molecule has 0 N–H and O–H groups in total. The Balaban J connectivity index is 1.05. The van der Waals surface area contributed by atoms with Crippen LogP contribution in [0.5, 0.6) is 0 Å². The third kappa shape index (κ3) is 4.27. The van der Waals surface area contributed by atoms with Crippen LogP contribution in [0.25, 0.3) is 97.4 Å². The highest BCUT2D eigenvalue weighted by Gasteiger charge is 2.18. The monoisotopic (exact) mass is 667 g/mol. The van der Waals surface area contributed by atoms with E-state index in [1.165, 1.54) is 91.7 Å². The van der Waals surface area contributed by atoms with E-state index in [2.05, 4.69) is 173 Å². The molecule has 0 spiro atoms. The fraction of sp³-hybridized carbons (Fsp3) is 0. The molecule has 4 aromatic heterocycles. The van der Waals surface area contributed by atoms with Gasteiger partial charge in [-0.15, -0.1) is 11.3 Å². The standard InChI is InChI=1S/C47H29N3S/c1-2-13-34(14-3-1)49-41-18-7-4-15-35(41)38-26-32(21-23-43(38)49)30-11-10-12-31(25-30)33-22-24-44-39(27-33)36-16-5-8-19-42(36)50(44)45-29-48-28-40-37-17-6-9-20-46(37)51-47(40)45/h1-29H. The smallest absolute Gasteiger partial charge is 0.0825 e. The van der Waals surface area contributed by atoms with E-state index in [4.69, 9.17) is 4.98 Å². The molecule has 0 atom stereocenters. The minimum atomic E-state index is 1.12. The van der Waals surface area contributed by atoms with Crippen molar-refractivity contribution in [2.75, 3.05) is 0 Å². The van der Waals surface area contributed by atoms with E-state index in [0.717, 1.165) is 5.69 Å². The molecule has 0 fully saturated rings. The van der Waals surface area contributed by atoms with Gasteiger partial charge < -0.3 is 9.13 Å². The van der Waals surface area contributed by atoms with Gasteiger partial charge in [0.15, 0.2) is 0 Å². The molecule has 11 aromatic rings. The van der Waals surface area contributed by atoms with Gasteiger partial charge in [-0.2, -0.15) is 0 Å². The van der Waals surface area contributed by atoms with Gasteiger partial charge in [0, 0.05) is 48.9 Å². The van der Waals surface area contributed by atoms with E-state index in [1.54, 1.807) is 0 Å². The molecule has 0 amide bonds. The second kappa shape index (κ2) is 11.0. The topological polar surface area (TPSA) is 22.8 Å². The maximum atomic E-state index is 4.75. The molecule has 7 aromatic carbocycles. The zero-order valence-electron chi connectivity index (χ0n) is 27.5. The van der Waals surface area contributed by atoms with Crippen LogP contribution in [0.15, 0.2) is 176 Å². The first kappa shape index (κ1) is 28.4. The van der Waals surface area contributed by atoms with Crippen LogP contribution in [-0.2, 0) is 0 Å². The van der Waals surface area contributed by atoms with Gasteiger partial charge in [-0.05, 0) is 82.9 Å². The summed E-state index contributed by atoms with van der Waals surface area (Å²) in [7, 11) is 0. The predicted molar refractivity (Wildman–Crippen MR) is 217 cm³/mol. The summed E-state index contributed by atoms with van der Waals surface area (Å²) >= 11 is 1.84. The number of fused-ring (bicyclic) bond motifs is 9. The van der Waals surface area contributed by atoms with Crippen molar-refractivity contribution in [3.8, 4) is 33.6 Å². The van der Waals surface area contributed by atoms with Crippen LogP contribution in [0.4, 0.5) is 0 Å². The molecule has 0 unspecified atom stereocenters. The number of benzene rings is 7. The van der Waals surface area contributed by atoms with Gasteiger partial charge in [0.2, 0.25) is 0 Å². The molecule has 4 heterocycles. The molecule has 11 rings (SSSR count). The number of thiophene rings is 1. The van der Waals surface area contributed by atoms with Crippen molar-refractivity contribution in [3.63, 3.8) is 0 Å². The Bertz CT molecular complexity index is 3140. The second-order valence-corrected chi connectivity index (χ2v) is 14.3. The molecule has 0 saturated carbocycles. The maximum Gasteiger partial charge on any atom is 0.0825 e. The van der Waals surface area contributed by atoms with Crippen LogP contribution in [0.1, 0.15) is 0 Å². The average Bonchev–Trinajstić information content (AvgIpc) is 3.86. The van der Waals surface area contributed by atoms with E-state index in [9.17, 15) is 0 Å². The number of para-hydroxylation sites is 3. The van der Waals surface area contributed by atoms with Crippen LogP contribution < -0.4 is 0 Å². The van der Waals surface area contributed by atoms with Gasteiger partial charge in [0.25, 0.3) is 0 Å². The number of pyridine rings is 1. The number of hydrogen-bond donors (Lipinski definition) is 0. The average molecular weight is 668 g/mol. The summed E-state index contributed by atoms with van der Waals surface area (Å²) in [5, 5.41) is 7.46. The van der Waals surface area contributed by atoms with Crippen molar-refractivity contribution in [1.29, 1.82) is 0 Å². The lowest BCUT2D eigenvalue weighted by molar-refractivity contribution is 1.17. The van der Waals surface area contributed by atoms with Gasteiger partial charge in [-0.1, -0.05) is 103 Å².